The topological polar surface area (TPSA) is 367 Å². The van der Waals surface area contributed by atoms with E-state index in [1.54, 1.807) is 11.8 Å². The third kappa shape index (κ3) is 13.3. The maximum absolute atomic E-state index is 12.6. The van der Waals surface area contributed by atoms with Gasteiger partial charge in [0.1, 0.15) is 36.3 Å². The summed E-state index contributed by atoms with van der Waals surface area (Å²) in [5.41, 5.74) is 4.29. The Hall–Kier alpha value is -2.15. The van der Waals surface area contributed by atoms with Crippen LogP contribution in [0.5, 0.6) is 0 Å². The fourth-order valence-corrected chi connectivity index (χ4v) is 8.08. The van der Waals surface area contributed by atoms with E-state index in [4.69, 9.17) is 24.6 Å². The zero-order valence-corrected chi connectivity index (χ0v) is 31.2. The van der Waals surface area contributed by atoms with E-state index in [1.807, 2.05) is 0 Å². The van der Waals surface area contributed by atoms with Gasteiger partial charge in [-0.2, -0.15) is 16.1 Å². The molecule has 1 saturated heterocycles. The van der Waals surface area contributed by atoms with E-state index in [0.717, 1.165) is 23.0 Å². The number of anilines is 1. The number of rotatable bonds is 22. The van der Waals surface area contributed by atoms with Gasteiger partial charge in [-0.15, -0.1) is 0 Å². The van der Waals surface area contributed by atoms with Gasteiger partial charge in [0.15, 0.2) is 17.7 Å². The summed E-state index contributed by atoms with van der Waals surface area (Å²) in [5.74, 6) is 0.0283. The molecule has 0 bridgehead atoms. The highest BCUT2D eigenvalue weighted by atomic mass is 32.2. The Balaban J connectivity index is 1.53. The van der Waals surface area contributed by atoms with E-state index < -0.39 is 78.6 Å². The summed E-state index contributed by atoms with van der Waals surface area (Å²) in [6.07, 6.45) is -6.14. The normalized spacial score (nSPS) is 22.5. The number of phosphoric acid groups is 3. The van der Waals surface area contributed by atoms with Crippen LogP contribution >= 0.6 is 35.2 Å². The van der Waals surface area contributed by atoms with Crippen molar-refractivity contribution in [3.8, 4) is 0 Å². The van der Waals surface area contributed by atoms with Gasteiger partial charge in [-0.05, 0) is 12.2 Å². The van der Waals surface area contributed by atoms with Gasteiger partial charge in [0, 0.05) is 37.3 Å². The Morgan fingerprint density at radius 2 is 1.77 bits per heavy atom. The molecule has 0 aliphatic carbocycles. The molecule has 0 radical (unpaired) electrons. The van der Waals surface area contributed by atoms with Crippen molar-refractivity contribution in [3.63, 3.8) is 0 Å². The van der Waals surface area contributed by atoms with Crippen molar-refractivity contribution >= 4 is 64.0 Å². The van der Waals surface area contributed by atoms with Gasteiger partial charge in [0.25, 0.3) is 0 Å². The minimum absolute atomic E-state index is 0.0349. The van der Waals surface area contributed by atoms with Crippen molar-refractivity contribution in [1.29, 1.82) is 0 Å². The first-order valence-electron chi connectivity index (χ1n) is 15.2. The van der Waals surface area contributed by atoms with E-state index in [-0.39, 0.29) is 42.5 Å². The number of nitrogen functional groups attached to an aromatic ring is 1. The lowest BCUT2D eigenvalue weighted by atomic mass is 9.87. The molecule has 296 valence electrons. The van der Waals surface area contributed by atoms with E-state index in [0.29, 0.717) is 18.7 Å². The number of aromatic nitrogens is 4. The second-order valence-electron chi connectivity index (χ2n) is 11.8. The van der Waals surface area contributed by atoms with E-state index in [9.17, 15) is 53.1 Å². The second kappa shape index (κ2) is 18.9. The number of nitrogens with zero attached hydrogens (tertiary/aromatic N) is 4. The van der Waals surface area contributed by atoms with Crippen LogP contribution in [0.1, 0.15) is 32.9 Å². The van der Waals surface area contributed by atoms with Crippen LogP contribution in [0, 0.1) is 5.41 Å². The van der Waals surface area contributed by atoms with Crippen LogP contribution < -0.4 is 16.4 Å². The Labute approximate surface area is 300 Å². The molecule has 2 aromatic rings. The van der Waals surface area contributed by atoms with Crippen molar-refractivity contribution in [3.05, 3.63) is 12.7 Å². The number of imidazole rings is 1. The molecular formula is C24H42N7O17P3S. The van der Waals surface area contributed by atoms with Crippen molar-refractivity contribution in [2.24, 2.45) is 5.41 Å². The van der Waals surface area contributed by atoms with Crippen molar-refractivity contribution in [2.75, 3.05) is 50.1 Å². The van der Waals surface area contributed by atoms with Gasteiger partial charge in [-0.3, -0.25) is 27.7 Å². The van der Waals surface area contributed by atoms with Gasteiger partial charge >= 0.3 is 23.5 Å². The van der Waals surface area contributed by atoms with E-state index in [1.165, 1.54) is 13.8 Å². The zero-order chi connectivity index (χ0) is 38.9. The Morgan fingerprint density at radius 1 is 1.08 bits per heavy atom. The van der Waals surface area contributed by atoms with Gasteiger partial charge < -0.3 is 56.0 Å². The predicted octanol–water partition coefficient (Wildman–Crippen LogP) is -1.48. The largest absolute Gasteiger partial charge is 0.481 e. The van der Waals surface area contributed by atoms with E-state index >= 15 is 0 Å². The number of nitrogens with one attached hydrogen (secondary N) is 2. The van der Waals surface area contributed by atoms with Crippen LogP contribution in [0.15, 0.2) is 12.7 Å². The number of amides is 2. The molecule has 2 amide bonds. The van der Waals surface area contributed by atoms with Gasteiger partial charge in [-0.1, -0.05) is 13.8 Å². The lowest BCUT2D eigenvalue weighted by Gasteiger charge is -2.30. The third-order valence-corrected chi connectivity index (χ3v) is 11.3. The van der Waals surface area contributed by atoms with Crippen LogP contribution in [-0.2, 0) is 45.9 Å². The highest BCUT2D eigenvalue weighted by Gasteiger charge is 2.50. The second-order valence-corrected chi connectivity index (χ2v) is 17.2. The summed E-state index contributed by atoms with van der Waals surface area (Å²) in [6, 6.07) is 0. The first-order valence-corrected chi connectivity index (χ1v) is 20.9. The average Bonchev–Trinajstić information content (AvgIpc) is 3.60. The molecule has 3 rings (SSSR count). The van der Waals surface area contributed by atoms with Crippen LogP contribution in [0.25, 0.3) is 11.2 Å². The zero-order valence-electron chi connectivity index (χ0n) is 27.7. The maximum Gasteiger partial charge on any atom is 0.481 e. The molecule has 2 aromatic heterocycles. The summed E-state index contributed by atoms with van der Waals surface area (Å²) in [6.45, 7) is 0.848. The number of thioether (sulfide) groups is 1. The minimum atomic E-state index is -5.55. The third-order valence-electron chi connectivity index (χ3n) is 7.09. The first kappa shape index (κ1) is 44.2. The predicted molar refractivity (Wildman–Crippen MR) is 179 cm³/mol. The number of hydrogen-bond donors (Lipinski definition) is 10. The van der Waals surface area contributed by atoms with Crippen molar-refractivity contribution in [1.82, 2.24) is 30.2 Å². The summed E-state index contributed by atoms with van der Waals surface area (Å²) >= 11 is 1.55. The summed E-state index contributed by atoms with van der Waals surface area (Å²) in [7, 11) is -16.3. The van der Waals surface area contributed by atoms with Crippen LogP contribution in [0.2, 0.25) is 0 Å². The Bertz CT molecular complexity index is 1670. The van der Waals surface area contributed by atoms with Crippen LogP contribution in [-0.4, -0.2) is 135 Å². The minimum Gasteiger partial charge on any atom is -0.396 e. The SMILES string of the molecule is CC(C)(COP(=O)(O)OP(=O)(O)OC[C@H]1O[C@@H](n2cnc3c(N)ncnc32)[C@H](O)[C@@H]1OP(=O)(O)O)[C@@H](O)C(=O)NCCC(=O)NCCSCCCO. The molecule has 24 nitrogen and oxygen atoms in total. The molecule has 7 atom stereocenters. The molecule has 0 saturated carbocycles. The van der Waals surface area contributed by atoms with Gasteiger partial charge in [-0.25, -0.2) is 28.6 Å². The molecule has 0 aromatic carbocycles. The molecule has 0 spiro atoms. The fraction of sp³-hybridized carbons (Fsp3) is 0.708. The standard InChI is InChI=1S/C24H42N7O17P3S/c1-24(2,19(35)22(36)27-5-4-15(33)26-6-9-52-8-3-7-32)11-45-51(42,43)48-50(40,41)44-10-14-18(47-49(37,38)39)17(34)23(46-14)31-13-30-16-20(25)28-12-29-21(16)31/h12-14,17-19,23,32,34-35H,3-11H2,1-2H3,(H,26,33)(H,27,36)(H,40,41)(H,42,43)(H2,25,28,29)(H2,37,38,39)/t14-,17-,18-,19+,23-/m1/s1. The fourth-order valence-electron chi connectivity index (χ4n) is 4.47. The quantitative estimate of drug-likeness (QED) is 0.0478. The lowest BCUT2D eigenvalue weighted by molar-refractivity contribution is -0.137. The number of carbonyl (C=O) groups excluding carboxylic acids is 2. The molecular weight excluding hydrogens is 783 g/mol. The number of ether oxygens (including phenoxy) is 1. The summed E-state index contributed by atoms with van der Waals surface area (Å²) in [5, 5.41) is 35.1. The number of aliphatic hydroxyl groups is 3. The molecule has 2 unspecified atom stereocenters. The molecule has 1 aliphatic heterocycles. The first-order chi connectivity index (χ1) is 24.2. The number of fused-ring (bicyclic) bond motifs is 1. The number of nitrogens with two attached hydrogens (primary N) is 1. The van der Waals surface area contributed by atoms with Crippen LogP contribution in [0.3, 0.4) is 0 Å². The molecule has 3 heterocycles. The highest BCUT2D eigenvalue weighted by Crippen LogP contribution is 2.61. The molecule has 52 heavy (non-hydrogen) atoms. The number of phosphoric ester groups is 3. The Kier molecular flexibility index (Phi) is 16.1. The summed E-state index contributed by atoms with van der Waals surface area (Å²) < 4.78 is 61.9. The maximum atomic E-state index is 12.6. The molecule has 11 N–H and O–H groups in total. The molecule has 1 aliphatic rings. The molecule has 1 fully saturated rings. The number of hydrogen-bond acceptors (Lipinski definition) is 18. The monoisotopic (exact) mass is 825 g/mol. The number of aliphatic hydroxyl groups excluding tert-OH is 3. The van der Waals surface area contributed by atoms with Crippen molar-refractivity contribution in [2.45, 2.75) is 57.3 Å². The lowest BCUT2D eigenvalue weighted by Crippen LogP contribution is -2.46. The van der Waals surface area contributed by atoms with E-state index in [2.05, 4.69) is 34.4 Å². The van der Waals surface area contributed by atoms with Crippen molar-refractivity contribution < 1.29 is 80.8 Å². The Morgan fingerprint density at radius 3 is 2.44 bits per heavy atom. The van der Waals surface area contributed by atoms with Crippen LogP contribution in [0.4, 0.5) is 5.82 Å². The average molecular weight is 826 g/mol. The van der Waals surface area contributed by atoms with Gasteiger partial charge in [0.2, 0.25) is 11.8 Å². The molecule has 28 heteroatoms. The summed E-state index contributed by atoms with van der Waals surface area (Å²) in [4.78, 5) is 75.2. The van der Waals surface area contributed by atoms with Gasteiger partial charge in [0.05, 0.1) is 19.5 Å². The number of carbonyl (C=O) groups is 2. The smallest absolute Gasteiger partial charge is 0.396 e. The highest BCUT2D eigenvalue weighted by molar-refractivity contribution is 7.99.